The lowest BCUT2D eigenvalue weighted by molar-refractivity contribution is -0.169. The van der Waals surface area contributed by atoms with Crippen LogP contribution >= 0.6 is 0 Å². The summed E-state index contributed by atoms with van der Waals surface area (Å²) in [4.78, 5) is 48.5. The van der Waals surface area contributed by atoms with Crippen LogP contribution in [-0.2, 0) is 14.4 Å². The number of para-hydroxylation sites is 1. The van der Waals surface area contributed by atoms with Gasteiger partial charge in [0.15, 0.2) is 5.60 Å². The number of hydrogen-bond acceptors (Lipinski definition) is 7. The molecule has 1 aromatic carbocycles. The van der Waals surface area contributed by atoms with Crippen molar-refractivity contribution < 1.29 is 39.2 Å². The van der Waals surface area contributed by atoms with E-state index in [0.717, 1.165) is 13.1 Å². The lowest BCUT2D eigenvalue weighted by Crippen LogP contribution is -2.43. The highest BCUT2D eigenvalue weighted by Crippen LogP contribution is 2.22. The van der Waals surface area contributed by atoms with Gasteiger partial charge in [0.2, 0.25) is 0 Å². The van der Waals surface area contributed by atoms with Crippen molar-refractivity contribution in [1.82, 2.24) is 10.2 Å². The van der Waals surface area contributed by atoms with Gasteiger partial charge in [-0.1, -0.05) is 26.0 Å². The third kappa shape index (κ3) is 7.51. The van der Waals surface area contributed by atoms with E-state index in [1.807, 2.05) is 13.8 Å². The standard InChI is InChI=1S/C19H26N2O8/c1-3-21(4-2)10-9-20-17(25)13-7-5-6-8-14(13)29-16(24)12-19(28,18(26)27)11-15(22)23/h5-8,28H,3-4,9-12H2,1-2H3,(H,20,25)(H,22,23)(H,26,27). The Morgan fingerprint density at radius 2 is 1.69 bits per heavy atom. The Bertz CT molecular complexity index is 747. The van der Waals surface area contributed by atoms with Gasteiger partial charge in [0.05, 0.1) is 18.4 Å². The van der Waals surface area contributed by atoms with Gasteiger partial charge in [0.1, 0.15) is 5.75 Å². The number of amides is 1. The number of nitrogens with zero attached hydrogens (tertiary/aromatic N) is 1. The van der Waals surface area contributed by atoms with Gasteiger partial charge < -0.3 is 30.3 Å². The fraction of sp³-hybridized carbons (Fsp3) is 0.474. The molecule has 29 heavy (non-hydrogen) atoms. The van der Waals surface area contributed by atoms with Gasteiger partial charge in [-0.2, -0.15) is 0 Å². The average Bonchev–Trinajstić information content (AvgIpc) is 2.64. The second kappa shape index (κ2) is 11.1. The zero-order valence-corrected chi connectivity index (χ0v) is 16.4. The highest BCUT2D eigenvalue weighted by molar-refractivity contribution is 5.98. The quantitative estimate of drug-likeness (QED) is 0.282. The van der Waals surface area contributed by atoms with Crippen LogP contribution in [0.15, 0.2) is 24.3 Å². The fourth-order valence-corrected chi connectivity index (χ4v) is 2.57. The Balaban J connectivity index is 2.82. The largest absolute Gasteiger partial charge is 0.481 e. The Morgan fingerprint density at radius 3 is 2.24 bits per heavy atom. The maximum Gasteiger partial charge on any atom is 0.336 e. The molecule has 1 unspecified atom stereocenters. The van der Waals surface area contributed by atoms with E-state index in [1.165, 1.54) is 18.2 Å². The van der Waals surface area contributed by atoms with Gasteiger partial charge in [-0.15, -0.1) is 0 Å². The SMILES string of the molecule is CCN(CC)CCNC(=O)c1ccccc1OC(=O)CC(O)(CC(=O)O)C(=O)O. The van der Waals surface area contributed by atoms with E-state index in [9.17, 15) is 24.3 Å². The number of benzene rings is 1. The molecule has 0 saturated carbocycles. The summed E-state index contributed by atoms with van der Waals surface area (Å²) in [5.74, 6) is -5.24. The normalized spacial score (nSPS) is 12.8. The molecular weight excluding hydrogens is 384 g/mol. The lowest BCUT2D eigenvalue weighted by Gasteiger charge is -2.20. The number of ether oxygens (including phenoxy) is 1. The molecule has 1 rings (SSSR count). The molecule has 0 saturated heterocycles. The number of aliphatic hydroxyl groups is 1. The maximum atomic E-state index is 12.4. The Kier molecular flexibility index (Phi) is 9.23. The molecule has 10 nitrogen and oxygen atoms in total. The molecule has 4 N–H and O–H groups in total. The number of likely N-dealkylation sites (N-methyl/N-ethyl adjacent to an activating group) is 1. The number of carboxylic acids is 2. The molecule has 1 aromatic rings. The zero-order chi connectivity index (χ0) is 22.0. The predicted octanol–water partition coefficient (Wildman–Crippen LogP) is 0.344. The molecule has 1 amide bonds. The van der Waals surface area contributed by atoms with Crippen molar-refractivity contribution >= 4 is 23.8 Å². The third-order valence-electron chi connectivity index (χ3n) is 4.24. The number of nitrogens with one attached hydrogen (secondary N) is 1. The van der Waals surface area contributed by atoms with E-state index in [0.29, 0.717) is 13.1 Å². The summed E-state index contributed by atoms with van der Waals surface area (Å²) in [6, 6.07) is 5.84. The van der Waals surface area contributed by atoms with Gasteiger partial charge in [-0.25, -0.2) is 4.79 Å². The van der Waals surface area contributed by atoms with Crippen molar-refractivity contribution in [2.24, 2.45) is 0 Å². The van der Waals surface area contributed by atoms with Crippen LogP contribution in [0.3, 0.4) is 0 Å². The van der Waals surface area contributed by atoms with Crippen molar-refractivity contribution in [1.29, 1.82) is 0 Å². The Morgan fingerprint density at radius 1 is 1.07 bits per heavy atom. The van der Waals surface area contributed by atoms with Crippen molar-refractivity contribution in [3.63, 3.8) is 0 Å². The summed E-state index contributed by atoms with van der Waals surface area (Å²) in [6.07, 6.45) is -2.27. The van der Waals surface area contributed by atoms with Gasteiger partial charge in [0, 0.05) is 13.1 Å². The Hall–Kier alpha value is -2.98. The first-order valence-corrected chi connectivity index (χ1v) is 9.10. The van der Waals surface area contributed by atoms with E-state index in [2.05, 4.69) is 10.2 Å². The highest BCUT2D eigenvalue weighted by Gasteiger charge is 2.41. The minimum absolute atomic E-state index is 0.0532. The van der Waals surface area contributed by atoms with Gasteiger partial charge in [0.25, 0.3) is 5.91 Å². The number of esters is 1. The number of hydrogen-bond donors (Lipinski definition) is 4. The second-order valence-electron chi connectivity index (χ2n) is 6.34. The number of rotatable bonds is 12. The lowest BCUT2D eigenvalue weighted by atomic mass is 9.96. The monoisotopic (exact) mass is 410 g/mol. The zero-order valence-electron chi connectivity index (χ0n) is 16.4. The highest BCUT2D eigenvalue weighted by atomic mass is 16.5. The summed E-state index contributed by atoms with van der Waals surface area (Å²) < 4.78 is 5.04. The van der Waals surface area contributed by atoms with Crippen molar-refractivity contribution in [3.8, 4) is 5.75 Å². The van der Waals surface area contributed by atoms with Crippen LogP contribution in [0.2, 0.25) is 0 Å². The van der Waals surface area contributed by atoms with Crippen molar-refractivity contribution in [3.05, 3.63) is 29.8 Å². The molecule has 10 heteroatoms. The first-order chi connectivity index (χ1) is 13.6. The van der Waals surface area contributed by atoms with Crippen LogP contribution in [0.25, 0.3) is 0 Å². The minimum atomic E-state index is -2.82. The predicted molar refractivity (Wildman–Crippen MR) is 102 cm³/mol. The summed E-state index contributed by atoms with van der Waals surface area (Å²) >= 11 is 0. The van der Waals surface area contributed by atoms with Crippen molar-refractivity contribution in [2.75, 3.05) is 26.2 Å². The fourth-order valence-electron chi connectivity index (χ4n) is 2.57. The van der Waals surface area contributed by atoms with Gasteiger partial charge in [-0.05, 0) is 25.2 Å². The minimum Gasteiger partial charge on any atom is -0.481 e. The first-order valence-electron chi connectivity index (χ1n) is 9.10. The smallest absolute Gasteiger partial charge is 0.336 e. The maximum absolute atomic E-state index is 12.4. The van der Waals surface area contributed by atoms with Gasteiger partial charge in [-0.3, -0.25) is 14.4 Å². The summed E-state index contributed by atoms with van der Waals surface area (Å²) in [5, 5.41) is 30.4. The summed E-state index contributed by atoms with van der Waals surface area (Å²) in [5.41, 5.74) is -2.76. The molecule has 0 aliphatic heterocycles. The second-order valence-corrected chi connectivity index (χ2v) is 6.34. The van der Waals surface area contributed by atoms with Crippen LogP contribution in [0.5, 0.6) is 5.75 Å². The summed E-state index contributed by atoms with van der Waals surface area (Å²) in [6.45, 7) is 6.69. The van der Waals surface area contributed by atoms with Gasteiger partial charge >= 0.3 is 17.9 Å². The Labute approximate surface area is 168 Å². The number of carbonyl (C=O) groups is 4. The molecule has 1 atom stereocenters. The average molecular weight is 410 g/mol. The molecule has 160 valence electrons. The van der Waals surface area contributed by atoms with E-state index in [1.54, 1.807) is 6.07 Å². The molecule has 0 aromatic heterocycles. The molecule has 0 bridgehead atoms. The van der Waals surface area contributed by atoms with Crippen molar-refractivity contribution in [2.45, 2.75) is 32.3 Å². The number of carbonyl (C=O) groups excluding carboxylic acids is 2. The topological polar surface area (TPSA) is 153 Å². The molecule has 0 aliphatic rings. The summed E-state index contributed by atoms with van der Waals surface area (Å²) in [7, 11) is 0. The van der Waals surface area contributed by atoms with Crippen LogP contribution in [0, 0.1) is 0 Å². The molecule has 0 heterocycles. The van der Waals surface area contributed by atoms with E-state index in [4.69, 9.17) is 14.9 Å². The van der Waals surface area contributed by atoms with E-state index in [-0.39, 0.29) is 11.3 Å². The first kappa shape index (κ1) is 24.1. The van der Waals surface area contributed by atoms with Crippen LogP contribution < -0.4 is 10.1 Å². The number of aliphatic carboxylic acids is 2. The molecular formula is C19H26N2O8. The molecule has 0 fully saturated rings. The van der Waals surface area contributed by atoms with E-state index >= 15 is 0 Å². The molecule has 0 radical (unpaired) electrons. The molecule has 0 spiro atoms. The molecule has 0 aliphatic carbocycles. The van der Waals surface area contributed by atoms with E-state index < -0.39 is 42.3 Å². The third-order valence-corrected chi connectivity index (χ3v) is 4.24. The number of carboxylic acid groups (broad SMARTS) is 2. The van der Waals surface area contributed by atoms with Crippen LogP contribution in [-0.4, -0.2) is 75.8 Å². The van der Waals surface area contributed by atoms with Crippen LogP contribution in [0.1, 0.15) is 37.0 Å². The van der Waals surface area contributed by atoms with Crippen LogP contribution in [0.4, 0.5) is 0 Å².